The number of hydrogen-bond acceptors (Lipinski definition) is 11. The molecule has 3 atom stereocenters. The summed E-state index contributed by atoms with van der Waals surface area (Å²) in [6.07, 6.45) is -0.609. The number of aliphatic hydroxyl groups excluding tert-OH is 1. The molecule has 278 valence electrons. The van der Waals surface area contributed by atoms with Gasteiger partial charge < -0.3 is 49.8 Å². The van der Waals surface area contributed by atoms with Crippen molar-refractivity contribution in [1.82, 2.24) is 20.9 Å². The number of alkyl carbamates (subject to hydrolysis) is 1. The Kier molecular flexibility index (Phi) is 18.8. The normalized spacial score (nSPS) is 13.2. The summed E-state index contributed by atoms with van der Waals surface area (Å²) in [5.74, 6) is -1.82. The predicted octanol–water partition coefficient (Wildman–Crippen LogP) is 2.35. The van der Waals surface area contributed by atoms with Crippen LogP contribution in [0.5, 0.6) is 5.75 Å². The molecule has 3 amide bonds. The van der Waals surface area contributed by atoms with E-state index >= 15 is 0 Å². The zero-order valence-corrected chi connectivity index (χ0v) is 29.5. The van der Waals surface area contributed by atoms with Crippen molar-refractivity contribution in [3.8, 4) is 5.75 Å². The number of carbonyl (C=O) groups is 4. The second kappa shape index (κ2) is 22.4. The van der Waals surface area contributed by atoms with Gasteiger partial charge in [0.05, 0.1) is 51.9 Å². The second-order valence-corrected chi connectivity index (χ2v) is 12.7. The summed E-state index contributed by atoms with van der Waals surface area (Å²) in [7, 11) is 0. The molecule has 15 nitrogen and oxygen atoms in total. The average Bonchev–Trinajstić information content (AvgIpc) is 3.05. The van der Waals surface area contributed by atoms with Crippen LogP contribution in [0.25, 0.3) is 0 Å². The summed E-state index contributed by atoms with van der Waals surface area (Å²) < 4.78 is 27.2. The van der Waals surface area contributed by atoms with E-state index in [1.807, 2.05) is 44.2 Å². The summed E-state index contributed by atoms with van der Waals surface area (Å²) in [5.41, 5.74) is -0.0479. The molecule has 1 aromatic heterocycles. The fourth-order valence-corrected chi connectivity index (χ4v) is 4.43. The van der Waals surface area contributed by atoms with Crippen molar-refractivity contribution in [1.29, 1.82) is 0 Å². The molecular formula is C35H52N4O11. The summed E-state index contributed by atoms with van der Waals surface area (Å²) in [6.45, 7) is 11.3. The fraction of sp³-hybridized carbons (Fsp3) is 0.571. The zero-order chi connectivity index (χ0) is 36.9. The van der Waals surface area contributed by atoms with Crippen LogP contribution >= 0.6 is 0 Å². The van der Waals surface area contributed by atoms with Gasteiger partial charge >= 0.3 is 12.1 Å². The number of aliphatic hydroxyl groups is 1. The number of pyridine rings is 1. The van der Waals surface area contributed by atoms with E-state index in [1.165, 1.54) is 18.3 Å². The van der Waals surface area contributed by atoms with Crippen molar-refractivity contribution < 1.29 is 53.1 Å². The van der Waals surface area contributed by atoms with Crippen LogP contribution in [0.1, 0.15) is 57.1 Å². The third-order valence-electron chi connectivity index (χ3n) is 6.73. The number of aromatic carboxylic acids is 1. The molecule has 0 spiro atoms. The Morgan fingerprint density at radius 1 is 0.820 bits per heavy atom. The number of amides is 3. The molecule has 50 heavy (non-hydrogen) atoms. The summed E-state index contributed by atoms with van der Waals surface area (Å²) >= 11 is 0. The molecule has 0 bridgehead atoms. The number of ether oxygens (including phenoxy) is 5. The molecule has 0 saturated carbocycles. The zero-order valence-electron chi connectivity index (χ0n) is 29.5. The lowest BCUT2D eigenvalue weighted by Gasteiger charge is -2.28. The largest absolute Gasteiger partial charge is 0.490 e. The van der Waals surface area contributed by atoms with Crippen molar-refractivity contribution >= 4 is 23.9 Å². The Morgan fingerprint density at radius 2 is 1.44 bits per heavy atom. The second-order valence-electron chi connectivity index (χ2n) is 12.7. The van der Waals surface area contributed by atoms with E-state index in [0.29, 0.717) is 45.2 Å². The lowest BCUT2D eigenvalue weighted by molar-refractivity contribution is -0.135. The van der Waals surface area contributed by atoms with Crippen molar-refractivity contribution in [2.24, 2.45) is 5.92 Å². The van der Waals surface area contributed by atoms with E-state index < -0.39 is 47.7 Å². The third-order valence-corrected chi connectivity index (χ3v) is 6.73. The fourth-order valence-electron chi connectivity index (χ4n) is 4.43. The van der Waals surface area contributed by atoms with Gasteiger partial charge in [0, 0.05) is 6.54 Å². The predicted molar refractivity (Wildman–Crippen MR) is 183 cm³/mol. The molecule has 0 fully saturated rings. The van der Waals surface area contributed by atoms with E-state index in [9.17, 15) is 24.3 Å². The van der Waals surface area contributed by atoms with Gasteiger partial charge in [-0.3, -0.25) is 9.59 Å². The van der Waals surface area contributed by atoms with Gasteiger partial charge in [0.15, 0.2) is 6.10 Å². The van der Waals surface area contributed by atoms with Crippen molar-refractivity contribution in [2.75, 3.05) is 52.8 Å². The van der Waals surface area contributed by atoms with Crippen LogP contribution in [0.15, 0.2) is 48.7 Å². The number of rotatable bonds is 23. The minimum absolute atomic E-state index is 0.0586. The molecule has 0 unspecified atom stereocenters. The minimum atomic E-state index is -1.66. The van der Waals surface area contributed by atoms with Crippen LogP contribution < -0.4 is 20.7 Å². The van der Waals surface area contributed by atoms with Gasteiger partial charge in [-0.1, -0.05) is 44.2 Å². The molecule has 15 heteroatoms. The quantitative estimate of drug-likeness (QED) is 0.106. The number of benzene rings is 1. The van der Waals surface area contributed by atoms with Crippen molar-refractivity contribution in [3.63, 3.8) is 0 Å². The van der Waals surface area contributed by atoms with Crippen molar-refractivity contribution in [2.45, 2.75) is 71.2 Å². The summed E-state index contributed by atoms with van der Waals surface area (Å²) in [6, 6.07) is 10.1. The van der Waals surface area contributed by atoms with Crippen LogP contribution in [-0.4, -0.2) is 116 Å². The maximum atomic E-state index is 13.2. The smallest absolute Gasteiger partial charge is 0.407 e. The Morgan fingerprint density at radius 3 is 2.00 bits per heavy atom. The summed E-state index contributed by atoms with van der Waals surface area (Å²) in [5, 5.41) is 27.9. The lowest BCUT2D eigenvalue weighted by atomic mass is 9.99. The topological polar surface area (TPSA) is 204 Å². The first kappa shape index (κ1) is 41.9. The van der Waals surface area contributed by atoms with Crippen LogP contribution in [0.2, 0.25) is 0 Å². The Hall–Kier alpha value is -4.31. The van der Waals surface area contributed by atoms with Gasteiger partial charge in [-0.15, -0.1) is 0 Å². The van der Waals surface area contributed by atoms with Crippen LogP contribution in [0.4, 0.5) is 4.79 Å². The highest BCUT2D eigenvalue weighted by Gasteiger charge is 2.32. The van der Waals surface area contributed by atoms with E-state index in [1.54, 1.807) is 20.8 Å². The number of hydrogen-bond donors (Lipinski definition) is 5. The van der Waals surface area contributed by atoms with Crippen LogP contribution in [-0.2, 0) is 35.0 Å². The maximum absolute atomic E-state index is 13.2. The molecule has 2 rings (SSSR count). The molecule has 0 aliphatic rings. The standard InChI is InChI=1S/C35H52N4O11/c1-24(2)21-29(38-32(42)30(40)28(22-25-9-7-6-8-10-25)39-34(45)50-35(3,4)5)31(41)36-13-14-46-15-16-47-17-18-48-19-20-49-26-11-12-27(33(43)44)37-23-26/h6-12,23-24,28-30,40H,13-22H2,1-5H3,(H,36,41)(H,38,42)(H,39,45)(H,43,44)/t28-,29+,30+/m1/s1. The Balaban J connectivity index is 1.69. The lowest BCUT2D eigenvalue weighted by Crippen LogP contribution is -2.56. The van der Waals surface area contributed by atoms with Gasteiger partial charge in [0.25, 0.3) is 5.91 Å². The highest BCUT2D eigenvalue weighted by Crippen LogP contribution is 2.12. The number of aromatic nitrogens is 1. The molecule has 0 radical (unpaired) electrons. The molecule has 0 saturated heterocycles. The molecule has 1 aromatic carbocycles. The van der Waals surface area contributed by atoms with Gasteiger partial charge in [0.1, 0.15) is 29.7 Å². The van der Waals surface area contributed by atoms with Gasteiger partial charge in [-0.2, -0.15) is 0 Å². The third kappa shape index (κ3) is 17.9. The number of nitrogens with one attached hydrogen (secondary N) is 3. The monoisotopic (exact) mass is 704 g/mol. The molecule has 2 aromatic rings. The first-order valence-corrected chi connectivity index (χ1v) is 16.6. The maximum Gasteiger partial charge on any atom is 0.407 e. The molecule has 1 heterocycles. The Labute approximate surface area is 293 Å². The van der Waals surface area contributed by atoms with E-state index in [-0.39, 0.29) is 37.8 Å². The van der Waals surface area contributed by atoms with E-state index in [0.717, 1.165) is 5.56 Å². The number of carboxylic acids is 1. The Bertz CT molecular complexity index is 1300. The molecule has 0 aliphatic heterocycles. The van der Waals surface area contributed by atoms with Crippen LogP contribution in [0.3, 0.4) is 0 Å². The van der Waals surface area contributed by atoms with Gasteiger partial charge in [0.2, 0.25) is 5.91 Å². The number of nitrogens with zero attached hydrogens (tertiary/aromatic N) is 1. The highest BCUT2D eigenvalue weighted by molar-refractivity contribution is 5.90. The molecular weight excluding hydrogens is 652 g/mol. The van der Waals surface area contributed by atoms with E-state index in [4.69, 9.17) is 28.8 Å². The van der Waals surface area contributed by atoms with Crippen molar-refractivity contribution in [3.05, 3.63) is 59.9 Å². The van der Waals surface area contributed by atoms with Crippen LogP contribution in [0, 0.1) is 5.92 Å². The van der Waals surface area contributed by atoms with Gasteiger partial charge in [-0.25, -0.2) is 14.6 Å². The van der Waals surface area contributed by atoms with Gasteiger partial charge in [-0.05, 0) is 57.2 Å². The number of carboxylic acid groups (broad SMARTS) is 1. The van der Waals surface area contributed by atoms with E-state index in [2.05, 4.69) is 20.9 Å². The first-order chi connectivity index (χ1) is 23.7. The summed E-state index contributed by atoms with van der Waals surface area (Å²) in [4.78, 5) is 53.3. The molecule has 5 N–H and O–H groups in total. The number of carbonyl (C=O) groups excluding carboxylic acids is 3. The average molecular weight is 705 g/mol. The first-order valence-electron chi connectivity index (χ1n) is 16.6. The highest BCUT2D eigenvalue weighted by atomic mass is 16.6. The SMILES string of the molecule is CC(C)C[C@H](NC(=O)[C@@H](O)[C@@H](Cc1ccccc1)NC(=O)OC(C)(C)C)C(=O)NCCOCCOCCOCCOc1ccc(C(=O)O)nc1. The molecule has 0 aliphatic carbocycles. The minimum Gasteiger partial charge on any atom is -0.490 e.